The first-order valence-corrected chi connectivity index (χ1v) is 21.9. The Balaban J connectivity index is 3.82. The number of carboxylic acids is 1. The highest BCUT2D eigenvalue weighted by molar-refractivity contribution is 7.47. The minimum Gasteiger partial charge on any atom is -0.480 e. The van der Waals surface area contributed by atoms with E-state index in [0.29, 0.717) is 12.8 Å². The summed E-state index contributed by atoms with van der Waals surface area (Å²) in [5.74, 6) is -2.38. The number of aliphatic carboxylic acids is 1. The van der Waals surface area contributed by atoms with Crippen LogP contribution < -0.4 is 5.32 Å². The maximum absolute atomic E-state index is 12.3. The molecule has 0 heterocycles. The fourth-order valence-electron chi connectivity index (χ4n) is 5.52. The summed E-state index contributed by atoms with van der Waals surface area (Å²) < 4.78 is 26.6. The zero-order chi connectivity index (χ0) is 38.5. The monoisotopic (exact) mass is 760 g/mol. The zero-order valence-electron chi connectivity index (χ0n) is 32.6. The molecule has 0 rings (SSSR count). The van der Waals surface area contributed by atoms with Crippen molar-refractivity contribution in [2.24, 2.45) is 0 Å². The van der Waals surface area contributed by atoms with E-state index in [1.165, 1.54) is 89.9 Å². The van der Waals surface area contributed by atoms with Gasteiger partial charge in [0, 0.05) is 12.8 Å². The summed E-state index contributed by atoms with van der Waals surface area (Å²) >= 11 is 0. The molecule has 0 aromatic heterocycles. The molecule has 3 unspecified atom stereocenters. The second kappa shape index (κ2) is 36.0. The van der Waals surface area contributed by atoms with Gasteiger partial charge >= 0.3 is 19.8 Å². The number of amides is 1. The summed E-state index contributed by atoms with van der Waals surface area (Å²) in [6.07, 6.45) is 35.5. The molecule has 12 heteroatoms. The Morgan fingerprint density at radius 1 is 0.615 bits per heavy atom. The molecule has 52 heavy (non-hydrogen) atoms. The number of phosphoric acid groups is 1. The molecule has 0 radical (unpaired) electrons. The highest BCUT2D eigenvalue weighted by Gasteiger charge is 2.28. The number of carbonyl (C=O) groups excluding carboxylic acids is 2. The van der Waals surface area contributed by atoms with Crippen molar-refractivity contribution in [2.75, 3.05) is 19.8 Å². The van der Waals surface area contributed by atoms with Crippen LogP contribution in [-0.4, -0.2) is 64.9 Å². The second-order valence-electron chi connectivity index (χ2n) is 13.8. The molecule has 3 atom stereocenters. The summed E-state index contributed by atoms with van der Waals surface area (Å²) in [6, 6.07) is -1.54. The molecule has 11 nitrogen and oxygen atoms in total. The van der Waals surface area contributed by atoms with E-state index >= 15 is 0 Å². The van der Waals surface area contributed by atoms with E-state index in [9.17, 15) is 34.1 Å². The lowest BCUT2D eigenvalue weighted by Crippen LogP contribution is -2.43. The van der Waals surface area contributed by atoms with Gasteiger partial charge < -0.3 is 25.2 Å². The molecule has 0 aliphatic rings. The highest BCUT2D eigenvalue weighted by Crippen LogP contribution is 2.43. The van der Waals surface area contributed by atoms with Gasteiger partial charge in [-0.3, -0.25) is 18.6 Å². The molecule has 0 aromatic rings. The number of unbranched alkanes of at least 4 members (excludes halogenated alkanes) is 20. The fraction of sp³-hybridized carbons (Fsp3) is 0.825. The lowest BCUT2D eigenvalue weighted by Gasteiger charge is -2.18. The maximum Gasteiger partial charge on any atom is 0.472 e. The lowest BCUT2D eigenvalue weighted by atomic mass is 10.0. The van der Waals surface area contributed by atoms with Crippen LogP contribution in [0.25, 0.3) is 0 Å². The molecule has 0 saturated heterocycles. The van der Waals surface area contributed by atoms with Crippen LogP contribution in [0.5, 0.6) is 0 Å². The lowest BCUT2D eigenvalue weighted by molar-refractivity contribution is -0.147. The molecule has 0 bridgehead atoms. The fourth-order valence-corrected chi connectivity index (χ4v) is 6.29. The predicted octanol–water partition coefficient (Wildman–Crippen LogP) is 9.89. The van der Waals surface area contributed by atoms with E-state index in [-0.39, 0.29) is 12.8 Å². The Bertz CT molecular complexity index is 989. The largest absolute Gasteiger partial charge is 0.480 e. The van der Waals surface area contributed by atoms with Crippen LogP contribution in [0.15, 0.2) is 24.3 Å². The Hall–Kier alpha value is -2.04. The van der Waals surface area contributed by atoms with Gasteiger partial charge in [0.15, 0.2) is 6.04 Å². The molecule has 0 aliphatic carbocycles. The summed E-state index contributed by atoms with van der Waals surface area (Å²) in [5.41, 5.74) is 0. The Morgan fingerprint density at radius 3 is 1.60 bits per heavy atom. The number of carbonyl (C=O) groups is 3. The Labute approximate surface area is 315 Å². The molecule has 0 spiro atoms. The van der Waals surface area contributed by atoms with Crippen LogP contribution in [0.4, 0.5) is 0 Å². The number of allylic oxidation sites excluding steroid dienone is 4. The van der Waals surface area contributed by atoms with Crippen molar-refractivity contribution in [1.82, 2.24) is 5.32 Å². The zero-order valence-corrected chi connectivity index (χ0v) is 33.5. The van der Waals surface area contributed by atoms with Gasteiger partial charge in [0.1, 0.15) is 12.7 Å². The molecule has 4 N–H and O–H groups in total. The number of esters is 1. The number of carboxylic acid groups (broad SMARTS) is 1. The number of rotatable bonds is 38. The quantitative estimate of drug-likeness (QED) is 0.0206. The van der Waals surface area contributed by atoms with E-state index in [0.717, 1.165) is 51.4 Å². The van der Waals surface area contributed by atoms with Gasteiger partial charge in [0.25, 0.3) is 0 Å². The first kappa shape index (κ1) is 50.0. The standard InChI is InChI=1S/C40H74NO10P/c1-3-5-7-9-10-11-12-13-14-15-16-17-18-19-20-21-22-23-24-25-26-28-29-31-38(43)41-37(40(45)46)35-51-52(47,48)50-34-36(42)33-49-39(44)32-30-27-8-6-4-2/h10-11,13-14,36-37,42H,3-9,12,15-35H2,1-2H3,(H,41,43)(H,45,46)(H,47,48)/b11-10-,14-13-. The van der Waals surface area contributed by atoms with Crippen LogP contribution >= 0.6 is 7.82 Å². The van der Waals surface area contributed by atoms with E-state index in [1.54, 1.807) is 0 Å². The number of hydrogen-bond donors (Lipinski definition) is 4. The van der Waals surface area contributed by atoms with Crippen molar-refractivity contribution in [3.05, 3.63) is 24.3 Å². The number of aliphatic hydroxyl groups is 1. The van der Waals surface area contributed by atoms with Crippen molar-refractivity contribution in [3.8, 4) is 0 Å². The number of ether oxygens (including phenoxy) is 1. The van der Waals surface area contributed by atoms with E-state index in [4.69, 9.17) is 13.8 Å². The first-order chi connectivity index (χ1) is 25.1. The predicted molar refractivity (Wildman–Crippen MR) is 208 cm³/mol. The van der Waals surface area contributed by atoms with Gasteiger partial charge in [-0.15, -0.1) is 0 Å². The van der Waals surface area contributed by atoms with Crippen LogP contribution in [0, 0.1) is 0 Å². The van der Waals surface area contributed by atoms with Crippen LogP contribution in [-0.2, 0) is 32.7 Å². The van der Waals surface area contributed by atoms with Crippen molar-refractivity contribution in [1.29, 1.82) is 0 Å². The summed E-state index contributed by atoms with van der Waals surface area (Å²) in [4.78, 5) is 45.5. The molecule has 0 saturated carbocycles. The van der Waals surface area contributed by atoms with Gasteiger partial charge in [-0.05, 0) is 44.9 Å². The van der Waals surface area contributed by atoms with Gasteiger partial charge in [0.2, 0.25) is 5.91 Å². The summed E-state index contributed by atoms with van der Waals surface area (Å²) in [6.45, 7) is 2.45. The third kappa shape index (κ3) is 35.0. The summed E-state index contributed by atoms with van der Waals surface area (Å²) in [5, 5.41) is 21.6. The average molecular weight is 760 g/mol. The molecule has 0 fully saturated rings. The smallest absolute Gasteiger partial charge is 0.472 e. The number of phosphoric ester groups is 1. The Kier molecular flexibility index (Phi) is 34.6. The molecular formula is C40H74NO10P. The number of hydrogen-bond acceptors (Lipinski definition) is 8. The minimum atomic E-state index is -4.74. The molecule has 0 aromatic carbocycles. The second-order valence-corrected chi connectivity index (χ2v) is 15.3. The van der Waals surface area contributed by atoms with Crippen molar-refractivity contribution >= 4 is 25.7 Å². The van der Waals surface area contributed by atoms with E-state index in [2.05, 4.69) is 43.5 Å². The van der Waals surface area contributed by atoms with Crippen LogP contribution in [0.1, 0.15) is 181 Å². The maximum atomic E-state index is 12.3. The average Bonchev–Trinajstić information content (AvgIpc) is 3.11. The van der Waals surface area contributed by atoms with Gasteiger partial charge in [-0.1, -0.05) is 147 Å². The molecule has 1 amide bonds. The highest BCUT2D eigenvalue weighted by atomic mass is 31.2. The van der Waals surface area contributed by atoms with E-state index < -0.39 is 57.6 Å². The van der Waals surface area contributed by atoms with Crippen LogP contribution in [0.3, 0.4) is 0 Å². The minimum absolute atomic E-state index is 0.146. The van der Waals surface area contributed by atoms with Gasteiger partial charge in [0.05, 0.1) is 13.2 Å². The molecule has 0 aliphatic heterocycles. The third-order valence-electron chi connectivity index (χ3n) is 8.74. The van der Waals surface area contributed by atoms with Crippen molar-refractivity contribution in [3.63, 3.8) is 0 Å². The van der Waals surface area contributed by atoms with Crippen molar-refractivity contribution < 1.29 is 47.8 Å². The first-order valence-electron chi connectivity index (χ1n) is 20.4. The van der Waals surface area contributed by atoms with Crippen LogP contribution in [0.2, 0.25) is 0 Å². The Morgan fingerprint density at radius 2 is 1.06 bits per heavy atom. The topological polar surface area (TPSA) is 169 Å². The van der Waals surface area contributed by atoms with Gasteiger partial charge in [-0.25, -0.2) is 9.36 Å². The van der Waals surface area contributed by atoms with Gasteiger partial charge in [-0.2, -0.15) is 0 Å². The SMILES string of the molecule is CCCCC/C=C\C/C=C\CCCCCCCCCCCCCCCC(=O)NC(COP(=O)(O)OCC(O)COC(=O)CCCCCCC)C(=O)O. The third-order valence-corrected chi connectivity index (χ3v) is 9.69. The van der Waals surface area contributed by atoms with E-state index in [1.807, 2.05) is 0 Å². The molecular weight excluding hydrogens is 685 g/mol. The van der Waals surface area contributed by atoms with Crippen molar-refractivity contribution in [2.45, 2.75) is 193 Å². The normalized spacial score (nSPS) is 14.1. The summed E-state index contributed by atoms with van der Waals surface area (Å²) in [7, 11) is -4.74. The molecule has 304 valence electrons. The number of aliphatic hydroxyl groups excluding tert-OH is 1. The number of nitrogens with one attached hydrogen (secondary N) is 1.